The van der Waals surface area contributed by atoms with Gasteiger partial charge in [0.2, 0.25) is 23.6 Å². The van der Waals surface area contributed by atoms with E-state index in [4.69, 9.17) is 22.1 Å². The predicted molar refractivity (Wildman–Crippen MR) is 220 cm³/mol. The lowest BCUT2D eigenvalue weighted by Crippen LogP contribution is -2.59. The number of Topliss-reactive ketones (excluding diaryl/α,β-unsaturated/α-hetero) is 1. The van der Waals surface area contributed by atoms with Crippen LogP contribution in [0.25, 0.3) is 16.3 Å². The number of primary amides is 1. The smallest absolute Gasteiger partial charge is 0.312 e. The van der Waals surface area contributed by atoms with Crippen molar-refractivity contribution < 1.29 is 38.3 Å². The lowest BCUT2D eigenvalue weighted by Gasteiger charge is -2.37. The van der Waals surface area contributed by atoms with Gasteiger partial charge in [0.25, 0.3) is 0 Å². The highest BCUT2D eigenvalue weighted by Gasteiger charge is 2.38. The van der Waals surface area contributed by atoms with E-state index < -0.39 is 59.6 Å². The second kappa shape index (κ2) is 21.1. The fourth-order valence-corrected chi connectivity index (χ4v) is 7.66. The van der Waals surface area contributed by atoms with Gasteiger partial charge in [-0.1, -0.05) is 60.7 Å². The average molecular weight is 815 g/mol. The molecule has 6 N–H and O–H groups in total. The molecule has 14 nitrogen and oxygen atoms in total. The summed E-state index contributed by atoms with van der Waals surface area (Å²) in [5.41, 5.74) is 8.76. The molecule has 0 unspecified atom stereocenters. The molecule has 1 fully saturated rings. The van der Waals surface area contributed by atoms with E-state index in [0.29, 0.717) is 37.8 Å². The Balaban J connectivity index is 1.39. The number of nitrogens with two attached hydrogens (primary N) is 1. The van der Waals surface area contributed by atoms with Crippen LogP contribution in [-0.4, -0.2) is 90.5 Å². The number of likely N-dealkylation sites (tertiary alicyclic amines) is 1. The lowest BCUT2D eigenvalue weighted by atomic mass is 9.89. The Morgan fingerprint density at radius 2 is 1.67 bits per heavy atom. The van der Waals surface area contributed by atoms with Crippen molar-refractivity contribution in [3.8, 4) is 0 Å². The first-order valence-corrected chi connectivity index (χ1v) is 20.2. The molecule has 1 saturated heterocycles. The van der Waals surface area contributed by atoms with Gasteiger partial charge in [0.15, 0.2) is 5.78 Å². The van der Waals surface area contributed by atoms with Crippen LogP contribution in [0.4, 0.5) is 10.5 Å². The molecule has 0 spiro atoms. The van der Waals surface area contributed by atoms with E-state index in [1.165, 1.54) is 12.0 Å². The minimum Gasteiger partial charge on any atom is -0.469 e. The summed E-state index contributed by atoms with van der Waals surface area (Å²) >= 11 is 5.73. The molecule has 5 rings (SSSR count). The van der Waals surface area contributed by atoms with Crippen molar-refractivity contribution in [1.82, 2.24) is 20.9 Å². The molecule has 4 atom stereocenters. The summed E-state index contributed by atoms with van der Waals surface area (Å²) in [7, 11) is 1.22. The minimum atomic E-state index is -1.14. The molecule has 0 bridgehead atoms. The number of methoxy groups -OCH3 is 1. The summed E-state index contributed by atoms with van der Waals surface area (Å²) in [4.78, 5) is 93.8. The molecule has 0 aromatic heterocycles. The SMILES string of the molecule is COC(=O)CC[C@H](NC(=O)CCl)C(=O)N1CCCC[C@H]1C(=O)N[C@@H](CC1=CCc2ccccc21)C(=O)C[C@@H](CCCNC(N)=O)C(=O)Nc1ccc2ccccc2c1. The maximum absolute atomic E-state index is 14.5. The summed E-state index contributed by atoms with van der Waals surface area (Å²) in [6, 6.07) is 17.2. The number of hydrogen-bond acceptors (Lipinski definition) is 8. The maximum atomic E-state index is 14.5. The van der Waals surface area contributed by atoms with Crippen molar-refractivity contribution in [2.24, 2.45) is 11.7 Å². The molecule has 15 heteroatoms. The number of urea groups is 1. The number of nitrogens with one attached hydrogen (secondary N) is 4. The van der Waals surface area contributed by atoms with Crippen LogP contribution >= 0.6 is 11.6 Å². The highest BCUT2D eigenvalue weighted by molar-refractivity contribution is 6.27. The number of piperidine rings is 1. The van der Waals surface area contributed by atoms with Crippen LogP contribution in [0.15, 0.2) is 72.8 Å². The van der Waals surface area contributed by atoms with Crippen molar-refractivity contribution in [2.45, 2.75) is 82.3 Å². The van der Waals surface area contributed by atoms with Crippen molar-refractivity contribution in [3.63, 3.8) is 0 Å². The summed E-state index contributed by atoms with van der Waals surface area (Å²) < 4.78 is 4.73. The van der Waals surface area contributed by atoms with Crippen LogP contribution in [-0.2, 0) is 39.9 Å². The number of amides is 6. The number of allylic oxidation sites excluding steroid dienone is 1. The summed E-state index contributed by atoms with van der Waals surface area (Å²) in [5.74, 6) is -4.27. The van der Waals surface area contributed by atoms with Gasteiger partial charge in [-0.15, -0.1) is 11.6 Å². The first-order valence-electron chi connectivity index (χ1n) is 19.6. The van der Waals surface area contributed by atoms with Gasteiger partial charge in [0, 0.05) is 44.0 Å². The molecule has 6 amide bonds. The number of anilines is 1. The maximum Gasteiger partial charge on any atom is 0.312 e. The van der Waals surface area contributed by atoms with Crippen molar-refractivity contribution in [1.29, 1.82) is 0 Å². The molecule has 1 aliphatic heterocycles. The monoisotopic (exact) mass is 814 g/mol. The van der Waals surface area contributed by atoms with Gasteiger partial charge >= 0.3 is 12.0 Å². The second-order valence-corrected chi connectivity index (χ2v) is 14.9. The average Bonchev–Trinajstić information content (AvgIpc) is 3.64. The number of carbonyl (C=O) groups is 7. The predicted octanol–water partition coefficient (Wildman–Crippen LogP) is 4.37. The van der Waals surface area contributed by atoms with Crippen molar-refractivity contribution in [3.05, 3.63) is 83.9 Å². The number of rotatable bonds is 19. The summed E-state index contributed by atoms with van der Waals surface area (Å²) in [6.07, 6.45) is 4.55. The van der Waals surface area contributed by atoms with E-state index in [0.717, 1.165) is 27.5 Å². The van der Waals surface area contributed by atoms with E-state index in [-0.39, 0.29) is 56.9 Å². The molecule has 0 saturated carbocycles. The van der Waals surface area contributed by atoms with E-state index in [9.17, 15) is 33.6 Å². The Morgan fingerprint density at radius 1 is 0.914 bits per heavy atom. The number of benzene rings is 3. The van der Waals surface area contributed by atoms with Crippen LogP contribution in [0.5, 0.6) is 0 Å². The summed E-state index contributed by atoms with van der Waals surface area (Å²) in [6.45, 7) is 0.417. The molecule has 3 aromatic rings. The largest absolute Gasteiger partial charge is 0.469 e. The van der Waals surface area contributed by atoms with E-state index in [1.54, 1.807) is 6.07 Å². The van der Waals surface area contributed by atoms with Gasteiger partial charge in [-0.3, -0.25) is 28.8 Å². The molecule has 58 heavy (non-hydrogen) atoms. The lowest BCUT2D eigenvalue weighted by molar-refractivity contribution is -0.146. The van der Waals surface area contributed by atoms with Gasteiger partial charge in [0.05, 0.1) is 13.2 Å². The zero-order chi connectivity index (χ0) is 41.6. The third kappa shape index (κ3) is 11.9. The Kier molecular flexibility index (Phi) is 15.8. The van der Waals surface area contributed by atoms with Crippen LogP contribution < -0.4 is 27.0 Å². The Hall–Kier alpha value is -5.76. The van der Waals surface area contributed by atoms with E-state index in [2.05, 4.69) is 21.3 Å². The highest BCUT2D eigenvalue weighted by atomic mass is 35.5. The minimum absolute atomic E-state index is 0.0642. The van der Waals surface area contributed by atoms with E-state index in [1.807, 2.05) is 66.7 Å². The van der Waals surface area contributed by atoms with Crippen LogP contribution in [0.2, 0.25) is 0 Å². The number of esters is 1. The van der Waals surface area contributed by atoms with Crippen molar-refractivity contribution in [2.75, 3.05) is 31.4 Å². The number of nitrogens with zero attached hydrogens (tertiary/aromatic N) is 1. The normalized spacial score (nSPS) is 16.2. The number of alkyl halides is 1. The van der Waals surface area contributed by atoms with Gasteiger partial charge in [-0.2, -0.15) is 0 Å². The zero-order valence-corrected chi connectivity index (χ0v) is 33.4. The number of halogens is 1. The number of ketones is 1. The number of carbonyl (C=O) groups excluding carboxylic acids is 7. The fraction of sp³-hybridized carbons (Fsp3) is 0.419. The second-order valence-electron chi connectivity index (χ2n) is 14.6. The first kappa shape index (κ1) is 43.4. The molecule has 3 aromatic carbocycles. The fourth-order valence-electron chi connectivity index (χ4n) is 7.59. The van der Waals surface area contributed by atoms with Crippen LogP contribution in [0.1, 0.15) is 68.9 Å². The molecule has 1 heterocycles. The first-order chi connectivity index (χ1) is 28.0. The van der Waals surface area contributed by atoms with Crippen LogP contribution in [0.3, 0.4) is 0 Å². The molecular formula is C43H51ClN6O8. The molecule has 1 aliphatic carbocycles. The highest BCUT2D eigenvalue weighted by Crippen LogP contribution is 2.32. The molecule has 2 aliphatic rings. The zero-order valence-electron chi connectivity index (χ0n) is 32.6. The molecule has 0 radical (unpaired) electrons. The molecular weight excluding hydrogens is 764 g/mol. The van der Waals surface area contributed by atoms with Crippen molar-refractivity contribution >= 4 is 75.0 Å². The standard InChI is InChI=1S/C43H51ClN6O8/c1-58-39(53)20-19-34(48-38(52)26-44)42(56)50-22-7-6-14-36(50)41(55)49-35(24-30-16-15-28-10-4-5-13-33(28)30)37(51)25-31(12-8-21-46-43(45)57)40(54)47-32-18-17-27-9-2-3-11-29(27)23-32/h2-5,9-11,13,16-18,23,31,34-36H,6-8,12,14-15,19-22,24-26H2,1H3,(H,47,54)(H,48,52)(H,49,55)(H3,45,46,57)/t31-,34+,35+,36+/m1/s1. The van der Waals surface area contributed by atoms with Gasteiger partial charge in [0.1, 0.15) is 18.0 Å². The van der Waals surface area contributed by atoms with Crippen LogP contribution in [0, 0.1) is 5.92 Å². The third-order valence-electron chi connectivity index (χ3n) is 10.6. The number of fused-ring (bicyclic) bond motifs is 2. The Bertz CT molecular complexity index is 2040. The number of ether oxygens (including phenoxy) is 1. The van der Waals surface area contributed by atoms with Gasteiger partial charge in [-0.05, 0) is 84.6 Å². The van der Waals surface area contributed by atoms with Gasteiger partial charge in [-0.25, -0.2) is 4.79 Å². The summed E-state index contributed by atoms with van der Waals surface area (Å²) in [5, 5.41) is 13.0. The number of hydrogen-bond donors (Lipinski definition) is 5. The Morgan fingerprint density at radius 3 is 2.43 bits per heavy atom. The Labute approximate surface area is 342 Å². The topological polar surface area (TPSA) is 206 Å². The quantitative estimate of drug-likeness (QED) is 0.0666. The molecule has 308 valence electrons. The third-order valence-corrected chi connectivity index (χ3v) is 10.9. The van der Waals surface area contributed by atoms with Gasteiger partial charge < -0.3 is 36.6 Å². The van der Waals surface area contributed by atoms with E-state index >= 15 is 0 Å².